The van der Waals surface area contributed by atoms with E-state index in [-0.39, 0.29) is 11.7 Å². The summed E-state index contributed by atoms with van der Waals surface area (Å²) in [6.07, 6.45) is 0.503. The third kappa shape index (κ3) is 1.91. The second kappa shape index (κ2) is 4.74. The van der Waals surface area contributed by atoms with Gasteiger partial charge in [-0.05, 0) is 17.7 Å². The first-order valence-electron chi connectivity index (χ1n) is 7.10. The third-order valence-electron chi connectivity index (χ3n) is 4.10. The molecule has 1 heterocycles. The summed E-state index contributed by atoms with van der Waals surface area (Å²) in [4.78, 5) is 14.3. The first-order valence-corrected chi connectivity index (χ1v) is 7.10. The minimum absolute atomic E-state index is 0.0453. The summed E-state index contributed by atoms with van der Waals surface area (Å²) in [7, 11) is 0. The van der Waals surface area contributed by atoms with Gasteiger partial charge < -0.3 is 4.90 Å². The van der Waals surface area contributed by atoms with Crippen molar-refractivity contribution in [2.75, 3.05) is 11.6 Å². The SMILES string of the molecule is O=C1CC(C2=NNCN2c2ccccc2)c2ccccc21. The average Bonchev–Trinajstić information content (AvgIpc) is 3.13. The molecule has 0 spiro atoms. The lowest BCUT2D eigenvalue weighted by molar-refractivity contribution is 0.0993. The van der Waals surface area contributed by atoms with Gasteiger partial charge in [0.2, 0.25) is 0 Å². The van der Waals surface area contributed by atoms with Gasteiger partial charge in [0.25, 0.3) is 0 Å². The highest BCUT2D eigenvalue weighted by Crippen LogP contribution is 2.36. The maximum absolute atomic E-state index is 12.2. The standard InChI is InChI=1S/C17H15N3O/c21-16-10-15(13-8-4-5-9-14(13)16)17-19-18-11-20(17)12-6-2-1-3-7-12/h1-9,15,18H,10-11H2. The lowest BCUT2D eigenvalue weighted by Gasteiger charge is -2.23. The number of hydrazone groups is 1. The van der Waals surface area contributed by atoms with Crippen molar-refractivity contribution >= 4 is 17.3 Å². The van der Waals surface area contributed by atoms with Gasteiger partial charge >= 0.3 is 0 Å². The fourth-order valence-corrected chi connectivity index (χ4v) is 3.12. The first kappa shape index (κ1) is 12.1. The molecule has 0 aromatic heterocycles. The Bertz CT molecular complexity index is 724. The van der Waals surface area contributed by atoms with Crippen molar-refractivity contribution in [2.45, 2.75) is 12.3 Å². The Labute approximate surface area is 123 Å². The van der Waals surface area contributed by atoms with Crippen LogP contribution in [-0.4, -0.2) is 18.3 Å². The van der Waals surface area contributed by atoms with E-state index in [9.17, 15) is 4.79 Å². The van der Waals surface area contributed by atoms with Gasteiger partial charge in [-0.25, -0.2) is 0 Å². The second-order valence-corrected chi connectivity index (χ2v) is 5.32. The predicted octanol–water partition coefficient (Wildman–Crippen LogP) is 2.74. The summed E-state index contributed by atoms with van der Waals surface area (Å²) >= 11 is 0. The molecule has 2 aromatic carbocycles. The molecule has 1 N–H and O–H groups in total. The molecule has 4 nitrogen and oxygen atoms in total. The number of rotatable bonds is 2. The summed E-state index contributed by atoms with van der Waals surface area (Å²) in [6, 6.07) is 18.0. The molecule has 0 amide bonds. The predicted molar refractivity (Wildman–Crippen MR) is 82.5 cm³/mol. The highest BCUT2D eigenvalue weighted by atomic mass is 16.1. The lowest BCUT2D eigenvalue weighted by Crippen LogP contribution is -2.32. The summed E-state index contributed by atoms with van der Waals surface area (Å²) in [5, 5.41) is 4.45. The number of hydrogen-bond acceptors (Lipinski definition) is 4. The number of carbonyl (C=O) groups excluding carboxylic acids is 1. The minimum Gasteiger partial charge on any atom is -0.308 e. The summed E-state index contributed by atoms with van der Waals surface area (Å²) in [5.41, 5.74) is 6.07. The van der Waals surface area contributed by atoms with Crippen molar-refractivity contribution in [2.24, 2.45) is 5.10 Å². The number of ketones is 1. The van der Waals surface area contributed by atoms with Crippen LogP contribution in [0.15, 0.2) is 59.7 Å². The van der Waals surface area contributed by atoms with Gasteiger partial charge in [0.1, 0.15) is 12.5 Å². The van der Waals surface area contributed by atoms with E-state index >= 15 is 0 Å². The van der Waals surface area contributed by atoms with Crippen LogP contribution >= 0.6 is 0 Å². The van der Waals surface area contributed by atoms with Gasteiger partial charge in [-0.3, -0.25) is 10.2 Å². The zero-order valence-corrected chi connectivity index (χ0v) is 11.5. The molecule has 0 saturated carbocycles. The Morgan fingerprint density at radius 3 is 2.67 bits per heavy atom. The van der Waals surface area contributed by atoms with Gasteiger partial charge in [-0.2, -0.15) is 5.10 Å². The Morgan fingerprint density at radius 2 is 1.81 bits per heavy atom. The van der Waals surface area contributed by atoms with Gasteiger partial charge in [0, 0.05) is 17.7 Å². The molecule has 2 aromatic rings. The molecular weight excluding hydrogens is 262 g/mol. The zero-order chi connectivity index (χ0) is 14.2. The molecule has 0 saturated heterocycles. The van der Waals surface area contributed by atoms with Crippen LogP contribution in [0, 0.1) is 0 Å². The maximum atomic E-state index is 12.2. The molecule has 0 radical (unpaired) electrons. The molecule has 4 heteroatoms. The van der Waals surface area contributed by atoms with Crippen LogP contribution in [0.4, 0.5) is 5.69 Å². The Hall–Kier alpha value is -2.62. The molecule has 0 fully saturated rings. The van der Waals surface area contributed by atoms with E-state index in [1.165, 1.54) is 0 Å². The zero-order valence-electron chi connectivity index (χ0n) is 11.5. The number of nitrogens with zero attached hydrogens (tertiary/aromatic N) is 2. The van der Waals surface area contributed by atoms with Crippen molar-refractivity contribution < 1.29 is 4.79 Å². The second-order valence-electron chi connectivity index (χ2n) is 5.32. The quantitative estimate of drug-likeness (QED) is 0.918. The Kier molecular flexibility index (Phi) is 2.74. The molecule has 1 aliphatic heterocycles. The van der Waals surface area contributed by atoms with Crippen molar-refractivity contribution in [1.29, 1.82) is 0 Å². The monoisotopic (exact) mass is 277 g/mol. The number of benzene rings is 2. The van der Waals surface area contributed by atoms with E-state index < -0.39 is 0 Å². The number of nitrogens with one attached hydrogen (secondary N) is 1. The average molecular weight is 277 g/mol. The highest BCUT2D eigenvalue weighted by molar-refractivity contribution is 6.12. The van der Waals surface area contributed by atoms with E-state index in [1.807, 2.05) is 42.5 Å². The van der Waals surface area contributed by atoms with Crippen molar-refractivity contribution in [3.63, 3.8) is 0 Å². The number of Topliss-reactive ketones (excluding diaryl/α,β-unsaturated/α-hetero) is 1. The number of anilines is 1. The molecule has 2 aliphatic rings. The van der Waals surface area contributed by atoms with E-state index in [4.69, 9.17) is 0 Å². The van der Waals surface area contributed by atoms with Gasteiger partial charge in [-0.1, -0.05) is 42.5 Å². The largest absolute Gasteiger partial charge is 0.308 e. The molecule has 104 valence electrons. The number of fused-ring (bicyclic) bond motifs is 1. The minimum atomic E-state index is 0.0453. The van der Waals surface area contributed by atoms with Crippen molar-refractivity contribution in [3.05, 3.63) is 65.7 Å². The molecule has 0 bridgehead atoms. The molecule has 21 heavy (non-hydrogen) atoms. The van der Waals surface area contributed by atoms with Gasteiger partial charge in [0.15, 0.2) is 5.78 Å². The van der Waals surface area contributed by atoms with E-state index in [2.05, 4.69) is 27.6 Å². The van der Waals surface area contributed by atoms with E-state index in [1.54, 1.807) is 0 Å². The molecule has 1 atom stereocenters. The topological polar surface area (TPSA) is 44.7 Å². The van der Waals surface area contributed by atoms with Gasteiger partial charge in [-0.15, -0.1) is 0 Å². The number of hydrogen-bond donors (Lipinski definition) is 1. The molecule has 4 rings (SSSR count). The third-order valence-corrected chi connectivity index (χ3v) is 4.10. The Morgan fingerprint density at radius 1 is 1.05 bits per heavy atom. The van der Waals surface area contributed by atoms with Crippen molar-refractivity contribution in [1.82, 2.24) is 5.43 Å². The summed E-state index contributed by atoms with van der Waals surface area (Å²) < 4.78 is 0. The van der Waals surface area contributed by atoms with E-state index in [0.717, 1.165) is 22.6 Å². The van der Waals surface area contributed by atoms with Crippen LogP contribution in [0.2, 0.25) is 0 Å². The van der Waals surface area contributed by atoms with Crippen molar-refractivity contribution in [3.8, 4) is 0 Å². The van der Waals surface area contributed by atoms with Crippen LogP contribution in [0.3, 0.4) is 0 Å². The first-order chi connectivity index (χ1) is 10.3. The summed E-state index contributed by atoms with van der Waals surface area (Å²) in [5.74, 6) is 1.18. The molecule has 1 aliphatic carbocycles. The number of amidine groups is 1. The van der Waals surface area contributed by atoms with Crippen LogP contribution in [-0.2, 0) is 0 Å². The number of para-hydroxylation sites is 1. The highest BCUT2D eigenvalue weighted by Gasteiger charge is 2.36. The van der Waals surface area contributed by atoms with Crippen LogP contribution < -0.4 is 10.3 Å². The van der Waals surface area contributed by atoms with Crippen LogP contribution in [0.1, 0.15) is 28.3 Å². The molecule has 1 unspecified atom stereocenters. The molecular formula is C17H15N3O. The number of carbonyl (C=O) groups is 1. The van der Waals surface area contributed by atoms with Crippen LogP contribution in [0.5, 0.6) is 0 Å². The lowest BCUT2D eigenvalue weighted by atomic mass is 9.99. The fraction of sp³-hybridized carbons (Fsp3) is 0.176. The normalized spacial score (nSPS) is 20.2. The fourth-order valence-electron chi connectivity index (χ4n) is 3.12. The smallest absolute Gasteiger partial charge is 0.164 e. The van der Waals surface area contributed by atoms with Crippen LogP contribution in [0.25, 0.3) is 0 Å². The Balaban J connectivity index is 1.73. The van der Waals surface area contributed by atoms with Gasteiger partial charge in [0.05, 0.1) is 5.92 Å². The maximum Gasteiger partial charge on any atom is 0.164 e. The van der Waals surface area contributed by atoms with E-state index in [0.29, 0.717) is 13.1 Å². The summed E-state index contributed by atoms with van der Waals surface area (Å²) in [6.45, 7) is 0.645.